The van der Waals surface area contributed by atoms with Crippen LogP contribution in [-0.2, 0) is 6.42 Å². The van der Waals surface area contributed by atoms with Crippen LogP contribution in [0.2, 0.25) is 0 Å². The Bertz CT molecular complexity index is 469. The fourth-order valence-corrected chi connectivity index (χ4v) is 2.75. The Morgan fingerprint density at radius 2 is 2.43 bits per heavy atom. The van der Waals surface area contributed by atoms with Crippen molar-refractivity contribution in [3.8, 4) is 10.6 Å². The van der Waals surface area contributed by atoms with Crippen LogP contribution >= 0.6 is 11.3 Å². The Kier molecular flexibility index (Phi) is 1.64. The zero-order valence-corrected chi connectivity index (χ0v) is 8.74. The van der Waals surface area contributed by atoms with Gasteiger partial charge in [-0.25, -0.2) is 0 Å². The van der Waals surface area contributed by atoms with Gasteiger partial charge < -0.3 is 5.32 Å². The van der Waals surface area contributed by atoms with Crippen molar-refractivity contribution < 1.29 is 0 Å². The van der Waals surface area contributed by atoms with Gasteiger partial charge in [-0.1, -0.05) is 0 Å². The van der Waals surface area contributed by atoms with E-state index in [-0.39, 0.29) is 0 Å². The van der Waals surface area contributed by atoms with E-state index < -0.39 is 0 Å². The summed E-state index contributed by atoms with van der Waals surface area (Å²) in [7, 11) is 0. The summed E-state index contributed by atoms with van der Waals surface area (Å²) in [4.78, 5) is 1.29. The minimum atomic E-state index is 1.02. The smallest absolute Gasteiger partial charge is 0.151 e. The van der Waals surface area contributed by atoms with E-state index in [1.807, 2.05) is 0 Å². The van der Waals surface area contributed by atoms with Gasteiger partial charge in [-0.3, -0.25) is 5.10 Å². The highest BCUT2D eigenvalue weighted by Crippen LogP contribution is 2.33. The molecule has 0 fully saturated rings. The van der Waals surface area contributed by atoms with Gasteiger partial charge in [0.15, 0.2) is 5.82 Å². The molecule has 3 heterocycles. The second kappa shape index (κ2) is 2.85. The number of nitrogens with one attached hydrogen (secondary N) is 2. The summed E-state index contributed by atoms with van der Waals surface area (Å²) >= 11 is 1.77. The van der Waals surface area contributed by atoms with Gasteiger partial charge >= 0.3 is 0 Å². The molecule has 0 aliphatic carbocycles. The van der Waals surface area contributed by atoms with E-state index >= 15 is 0 Å². The second-order valence-electron chi connectivity index (χ2n) is 3.59. The van der Waals surface area contributed by atoms with E-state index in [1.54, 1.807) is 11.3 Å². The Morgan fingerprint density at radius 1 is 1.50 bits per heavy atom. The molecular formula is C10H11N3S. The lowest BCUT2D eigenvalue weighted by Gasteiger charge is -1.93. The monoisotopic (exact) mass is 205 g/mol. The predicted molar refractivity (Wildman–Crippen MR) is 58.8 cm³/mol. The van der Waals surface area contributed by atoms with E-state index in [1.165, 1.54) is 21.7 Å². The van der Waals surface area contributed by atoms with Gasteiger partial charge in [0.1, 0.15) is 0 Å². The minimum absolute atomic E-state index is 1.02. The number of hydrogen-bond acceptors (Lipinski definition) is 3. The molecule has 2 aromatic rings. The fraction of sp³-hybridized carbons (Fsp3) is 0.300. The molecule has 2 aromatic heterocycles. The van der Waals surface area contributed by atoms with Gasteiger partial charge in [0, 0.05) is 12.1 Å². The van der Waals surface area contributed by atoms with Crippen LogP contribution in [0.1, 0.15) is 11.1 Å². The van der Waals surface area contributed by atoms with Crippen molar-refractivity contribution in [1.29, 1.82) is 0 Å². The number of aromatic nitrogens is 2. The first-order valence-electron chi connectivity index (χ1n) is 4.71. The highest BCUT2D eigenvalue weighted by Gasteiger charge is 2.19. The molecule has 0 saturated heterocycles. The van der Waals surface area contributed by atoms with Gasteiger partial charge in [0.2, 0.25) is 0 Å². The maximum atomic E-state index is 4.25. The van der Waals surface area contributed by atoms with Crippen LogP contribution in [0.5, 0.6) is 0 Å². The third kappa shape index (κ3) is 1.07. The third-order valence-electron chi connectivity index (χ3n) is 2.51. The van der Waals surface area contributed by atoms with E-state index in [2.05, 4.69) is 33.9 Å². The van der Waals surface area contributed by atoms with E-state index in [0.29, 0.717) is 0 Å². The van der Waals surface area contributed by atoms with Gasteiger partial charge in [-0.05, 0) is 30.4 Å². The lowest BCUT2D eigenvalue weighted by Crippen LogP contribution is -1.94. The fourth-order valence-electron chi connectivity index (χ4n) is 1.83. The van der Waals surface area contributed by atoms with Crippen LogP contribution in [0.3, 0.4) is 0 Å². The summed E-state index contributed by atoms with van der Waals surface area (Å²) in [6.07, 6.45) is 1.08. The predicted octanol–water partition coefficient (Wildman–Crippen LogP) is 2.41. The van der Waals surface area contributed by atoms with Crippen LogP contribution in [-0.4, -0.2) is 16.7 Å². The molecule has 0 radical (unpaired) electrons. The Balaban J connectivity index is 2.12. The van der Waals surface area contributed by atoms with Gasteiger partial charge in [-0.2, -0.15) is 5.10 Å². The van der Waals surface area contributed by atoms with Crippen molar-refractivity contribution in [2.75, 3.05) is 11.9 Å². The highest BCUT2D eigenvalue weighted by atomic mass is 32.1. The lowest BCUT2D eigenvalue weighted by molar-refractivity contribution is 1.04. The van der Waals surface area contributed by atoms with Crippen molar-refractivity contribution >= 4 is 17.2 Å². The van der Waals surface area contributed by atoms with Crippen LogP contribution in [0.25, 0.3) is 10.6 Å². The van der Waals surface area contributed by atoms with E-state index in [9.17, 15) is 0 Å². The summed E-state index contributed by atoms with van der Waals surface area (Å²) in [6.45, 7) is 3.14. The molecule has 0 atom stereocenters. The summed E-state index contributed by atoms with van der Waals surface area (Å²) in [5.41, 5.74) is 3.86. The molecule has 0 bridgehead atoms. The first kappa shape index (κ1) is 8.05. The third-order valence-corrected chi connectivity index (χ3v) is 3.58. The molecule has 0 saturated carbocycles. The number of fused-ring (bicyclic) bond motifs is 1. The number of thiophene rings is 1. The normalized spacial score (nSPS) is 14.1. The Morgan fingerprint density at radius 3 is 3.21 bits per heavy atom. The topological polar surface area (TPSA) is 40.7 Å². The first-order valence-corrected chi connectivity index (χ1v) is 5.59. The lowest BCUT2D eigenvalue weighted by atomic mass is 10.1. The van der Waals surface area contributed by atoms with Crippen molar-refractivity contribution in [1.82, 2.24) is 10.2 Å². The van der Waals surface area contributed by atoms with E-state index in [4.69, 9.17) is 0 Å². The Hall–Kier alpha value is -1.29. The maximum Gasteiger partial charge on any atom is 0.151 e. The van der Waals surface area contributed by atoms with Gasteiger partial charge in [-0.15, -0.1) is 11.3 Å². The summed E-state index contributed by atoms with van der Waals surface area (Å²) < 4.78 is 0. The summed E-state index contributed by atoms with van der Waals surface area (Å²) in [5, 5.41) is 12.8. The largest absolute Gasteiger partial charge is 0.368 e. The SMILES string of the molecule is Cc1csc(-c2[nH]nc3c2CCN3)c1. The molecule has 0 aromatic carbocycles. The van der Waals surface area contributed by atoms with E-state index in [0.717, 1.165) is 18.8 Å². The molecular weight excluding hydrogens is 194 g/mol. The van der Waals surface area contributed by atoms with Crippen molar-refractivity contribution in [3.63, 3.8) is 0 Å². The molecule has 4 heteroatoms. The zero-order chi connectivity index (χ0) is 9.54. The average Bonchev–Trinajstić information content (AvgIpc) is 2.77. The molecule has 0 unspecified atom stereocenters. The number of hydrogen-bond donors (Lipinski definition) is 2. The molecule has 3 rings (SSSR count). The number of aryl methyl sites for hydroxylation is 1. The van der Waals surface area contributed by atoms with Crippen molar-refractivity contribution in [2.24, 2.45) is 0 Å². The average molecular weight is 205 g/mol. The molecule has 1 aliphatic rings. The Labute approximate surface area is 86.2 Å². The number of aromatic amines is 1. The molecule has 2 N–H and O–H groups in total. The number of nitrogens with zero attached hydrogens (tertiary/aromatic N) is 1. The standard InChI is InChI=1S/C10H11N3S/c1-6-4-8(14-5-6)9-7-2-3-11-10(7)13-12-9/h4-5H,2-3H2,1H3,(H2,11,12,13). The molecule has 1 aliphatic heterocycles. The van der Waals surface area contributed by atoms with Crippen LogP contribution < -0.4 is 5.32 Å². The molecule has 0 spiro atoms. The van der Waals surface area contributed by atoms with Crippen LogP contribution in [0.4, 0.5) is 5.82 Å². The van der Waals surface area contributed by atoms with Gasteiger partial charge in [0.05, 0.1) is 10.6 Å². The van der Waals surface area contributed by atoms with Crippen molar-refractivity contribution in [3.05, 3.63) is 22.6 Å². The van der Waals surface area contributed by atoms with Gasteiger partial charge in [0.25, 0.3) is 0 Å². The highest BCUT2D eigenvalue weighted by molar-refractivity contribution is 7.13. The quantitative estimate of drug-likeness (QED) is 0.750. The zero-order valence-electron chi connectivity index (χ0n) is 7.92. The van der Waals surface area contributed by atoms with Crippen LogP contribution in [0.15, 0.2) is 11.4 Å². The summed E-state index contributed by atoms with van der Waals surface area (Å²) in [5.74, 6) is 1.03. The maximum absolute atomic E-state index is 4.25. The number of anilines is 1. The second-order valence-corrected chi connectivity index (χ2v) is 4.50. The molecule has 14 heavy (non-hydrogen) atoms. The molecule has 72 valence electrons. The van der Waals surface area contributed by atoms with Crippen LogP contribution in [0, 0.1) is 6.92 Å². The number of H-pyrrole nitrogens is 1. The summed E-state index contributed by atoms with van der Waals surface area (Å²) in [6, 6.07) is 2.21. The molecule has 0 amide bonds. The number of rotatable bonds is 1. The molecule has 3 nitrogen and oxygen atoms in total. The first-order chi connectivity index (χ1) is 6.84. The minimum Gasteiger partial charge on any atom is -0.368 e. The van der Waals surface area contributed by atoms with Crippen molar-refractivity contribution in [2.45, 2.75) is 13.3 Å².